The normalized spacial score (nSPS) is 14.5. The number of thiazole rings is 1. The minimum Gasteiger partial charge on any atom is -0.457 e. The molecule has 2 aromatic rings. The Kier molecular flexibility index (Phi) is 6.58. The van der Waals surface area contributed by atoms with E-state index in [-0.39, 0.29) is 18.4 Å². The van der Waals surface area contributed by atoms with Gasteiger partial charge in [0.1, 0.15) is 11.5 Å². The molecule has 2 aromatic heterocycles. The van der Waals surface area contributed by atoms with Crippen LogP contribution < -0.4 is 10.2 Å². The summed E-state index contributed by atoms with van der Waals surface area (Å²) < 4.78 is 5.05. The Labute approximate surface area is 174 Å². The van der Waals surface area contributed by atoms with Gasteiger partial charge in [0.25, 0.3) is 0 Å². The van der Waals surface area contributed by atoms with Crippen molar-refractivity contribution in [1.82, 2.24) is 15.0 Å². The van der Waals surface area contributed by atoms with Gasteiger partial charge in [-0.1, -0.05) is 24.0 Å². The fourth-order valence-corrected chi connectivity index (χ4v) is 4.10. The highest BCUT2D eigenvalue weighted by Gasteiger charge is 2.27. The molecule has 1 aliphatic rings. The Morgan fingerprint density at radius 2 is 1.90 bits per heavy atom. The second-order valence-electron chi connectivity index (χ2n) is 7.02. The third-order valence-electron chi connectivity index (χ3n) is 4.66. The first-order valence-corrected chi connectivity index (χ1v) is 10.3. The van der Waals surface area contributed by atoms with Crippen molar-refractivity contribution in [3.05, 3.63) is 40.7 Å². The van der Waals surface area contributed by atoms with Crippen LogP contribution in [0.5, 0.6) is 0 Å². The third kappa shape index (κ3) is 5.17. The number of nitrogens with one attached hydrogen (secondary N) is 1. The molecule has 3 heterocycles. The van der Waals surface area contributed by atoms with Crippen molar-refractivity contribution in [2.24, 2.45) is 5.92 Å². The SMILES string of the molecule is C=CCOC(=O)c1sc(NC(=O)C2CCN(c3nc(C)cc(C)n3)CC2)nc1C. The zero-order chi connectivity index (χ0) is 21.0. The lowest BCUT2D eigenvalue weighted by molar-refractivity contribution is -0.120. The van der Waals surface area contributed by atoms with E-state index in [4.69, 9.17) is 4.74 Å². The zero-order valence-corrected chi connectivity index (χ0v) is 17.7. The lowest BCUT2D eigenvalue weighted by atomic mass is 9.96. The Hall–Kier alpha value is -2.81. The maximum atomic E-state index is 12.7. The largest absolute Gasteiger partial charge is 0.457 e. The molecule has 29 heavy (non-hydrogen) atoms. The summed E-state index contributed by atoms with van der Waals surface area (Å²) >= 11 is 1.13. The molecule has 1 amide bonds. The molecule has 1 fully saturated rings. The molecule has 3 rings (SSSR count). The number of hydrogen-bond acceptors (Lipinski definition) is 8. The van der Waals surface area contributed by atoms with E-state index in [2.05, 4.69) is 31.7 Å². The smallest absolute Gasteiger partial charge is 0.350 e. The van der Waals surface area contributed by atoms with Crippen molar-refractivity contribution in [2.75, 3.05) is 29.9 Å². The first-order chi connectivity index (χ1) is 13.9. The fraction of sp³-hybridized carbons (Fsp3) is 0.450. The van der Waals surface area contributed by atoms with Crippen molar-refractivity contribution in [3.8, 4) is 0 Å². The first-order valence-electron chi connectivity index (χ1n) is 9.51. The number of aryl methyl sites for hydroxylation is 3. The molecule has 0 unspecified atom stereocenters. The maximum Gasteiger partial charge on any atom is 0.350 e. The van der Waals surface area contributed by atoms with Crippen LogP contribution in [-0.4, -0.2) is 46.5 Å². The number of carbonyl (C=O) groups is 2. The van der Waals surface area contributed by atoms with Crippen LogP contribution >= 0.6 is 11.3 Å². The van der Waals surface area contributed by atoms with Crippen molar-refractivity contribution in [3.63, 3.8) is 0 Å². The second-order valence-corrected chi connectivity index (χ2v) is 8.02. The highest BCUT2D eigenvalue weighted by Crippen LogP contribution is 2.26. The van der Waals surface area contributed by atoms with E-state index < -0.39 is 5.97 Å². The highest BCUT2D eigenvalue weighted by atomic mass is 32.1. The van der Waals surface area contributed by atoms with Gasteiger partial charge in [0.05, 0.1) is 5.69 Å². The van der Waals surface area contributed by atoms with Crippen LogP contribution in [0.2, 0.25) is 0 Å². The molecule has 1 aliphatic heterocycles. The number of esters is 1. The van der Waals surface area contributed by atoms with Gasteiger partial charge in [-0.3, -0.25) is 4.79 Å². The molecular formula is C20H25N5O3S. The van der Waals surface area contributed by atoms with E-state index in [1.165, 1.54) is 6.08 Å². The van der Waals surface area contributed by atoms with Crippen molar-refractivity contribution in [1.29, 1.82) is 0 Å². The number of anilines is 2. The summed E-state index contributed by atoms with van der Waals surface area (Å²) in [5, 5.41) is 3.26. The van der Waals surface area contributed by atoms with Crippen molar-refractivity contribution >= 4 is 34.3 Å². The van der Waals surface area contributed by atoms with Crippen LogP contribution in [0.3, 0.4) is 0 Å². The van der Waals surface area contributed by atoms with Crippen LogP contribution in [0, 0.1) is 26.7 Å². The zero-order valence-electron chi connectivity index (χ0n) is 16.9. The molecule has 1 saturated heterocycles. The Morgan fingerprint density at radius 3 is 2.52 bits per heavy atom. The van der Waals surface area contributed by atoms with Gasteiger partial charge in [-0.15, -0.1) is 0 Å². The maximum absolute atomic E-state index is 12.7. The van der Waals surface area contributed by atoms with Crippen molar-refractivity contribution in [2.45, 2.75) is 33.6 Å². The summed E-state index contributed by atoms with van der Waals surface area (Å²) in [7, 11) is 0. The lowest BCUT2D eigenvalue weighted by Gasteiger charge is -2.31. The minimum atomic E-state index is -0.456. The Balaban J connectivity index is 1.57. The van der Waals surface area contributed by atoms with Crippen LogP contribution in [0.15, 0.2) is 18.7 Å². The van der Waals surface area contributed by atoms with Gasteiger partial charge in [0.2, 0.25) is 11.9 Å². The minimum absolute atomic E-state index is 0.0780. The molecule has 154 valence electrons. The summed E-state index contributed by atoms with van der Waals surface area (Å²) in [6.45, 7) is 10.7. The molecular weight excluding hydrogens is 390 g/mol. The molecule has 0 saturated carbocycles. The highest BCUT2D eigenvalue weighted by molar-refractivity contribution is 7.17. The molecule has 0 bridgehead atoms. The topological polar surface area (TPSA) is 97.3 Å². The van der Waals surface area contributed by atoms with E-state index in [1.54, 1.807) is 6.92 Å². The standard InChI is InChI=1S/C20H25N5O3S/c1-5-10-28-18(27)16-14(4)23-20(29-16)24-17(26)15-6-8-25(9-7-15)19-21-12(2)11-13(3)22-19/h5,11,15H,1,6-10H2,2-4H3,(H,23,24,26). The summed E-state index contributed by atoms with van der Waals surface area (Å²) in [6, 6.07) is 1.95. The van der Waals surface area contributed by atoms with Crippen LogP contribution in [0.4, 0.5) is 11.1 Å². The van der Waals surface area contributed by atoms with E-state index in [0.717, 1.165) is 41.8 Å². The number of rotatable bonds is 6. The summed E-state index contributed by atoms with van der Waals surface area (Å²) in [5.41, 5.74) is 2.42. The molecule has 0 aromatic carbocycles. The average Bonchev–Trinajstić information content (AvgIpc) is 3.05. The molecule has 0 spiro atoms. The number of ether oxygens (including phenoxy) is 1. The molecule has 0 atom stereocenters. The number of carbonyl (C=O) groups excluding carboxylic acids is 2. The number of amides is 1. The first kappa shape index (κ1) is 20.9. The number of piperidine rings is 1. The number of aromatic nitrogens is 3. The lowest BCUT2D eigenvalue weighted by Crippen LogP contribution is -2.39. The summed E-state index contributed by atoms with van der Waals surface area (Å²) in [6.07, 6.45) is 2.92. The van der Waals surface area contributed by atoms with Gasteiger partial charge in [0, 0.05) is 30.4 Å². The quantitative estimate of drug-likeness (QED) is 0.572. The monoisotopic (exact) mass is 415 g/mol. The van der Waals surface area contributed by atoms with Crippen LogP contribution in [0.1, 0.15) is 39.6 Å². The van der Waals surface area contributed by atoms with E-state index in [9.17, 15) is 9.59 Å². The van der Waals surface area contributed by atoms with Gasteiger partial charge in [-0.2, -0.15) is 0 Å². The van der Waals surface area contributed by atoms with E-state index in [1.807, 2.05) is 19.9 Å². The van der Waals surface area contributed by atoms with Gasteiger partial charge in [-0.25, -0.2) is 19.7 Å². The Bertz CT molecular complexity index is 899. The third-order valence-corrected chi connectivity index (χ3v) is 5.72. The Morgan fingerprint density at radius 1 is 1.24 bits per heavy atom. The van der Waals surface area contributed by atoms with Crippen LogP contribution in [0.25, 0.3) is 0 Å². The van der Waals surface area contributed by atoms with Gasteiger partial charge < -0.3 is 15.0 Å². The second kappa shape index (κ2) is 9.13. The number of nitrogens with zero attached hydrogens (tertiary/aromatic N) is 4. The number of hydrogen-bond donors (Lipinski definition) is 1. The molecule has 0 aliphatic carbocycles. The van der Waals surface area contributed by atoms with Gasteiger partial charge in [-0.05, 0) is 39.7 Å². The van der Waals surface area contributed by atoms with E-state index >= 15 is 0 Å². The molecule has 9 heteroatoms. The predicted molar refractivity (Wildman–Crippen MR) is 112 cm³/mol. The predicted octanol–water partition coefficient (Wildman–Crippen LogP) is 3.06. The average molecular weight is 416 g/mol. The molecule has 1 N–H and O–H groups in total. The summed E-state index contributed by atoms with van der Waals surface area (Å²) in [5.74, 6) is 0.0741. The van der Waals surface area contributed by atoms with E-state index in [0.29, 0.717) is 28.5 Å². The van der Waals surface area contributed by atoms with Crippen molar-refractivity contribution < 1.29 is 14.3 Å². The molecule has 8 nitrogen and oxygen atoms in total. The van der Waals surface area contributed by atoms with Gasteiger partial charge >= 0.3 is 5.97 Å². The van der Waals surface area contributed by atoms with Crippen LogP contribution in [-0.2, 0) is 9.53 Å². The van der Waals surface area contributed by atoms with Gasteiger partial charge in [0.15, 0.2) is 5.13 Å². The molecule has 0 radical (unpaired) electrons. The summed E-state index contributed by atoms with van der Waals surface area (Å²) in [4.78, 5) is 40.5. The fourth-order valence-electron chi connectivity index (χ4n) is 3.24.